The van der Waals surface area contributed by atoms with Gasteiger partial charge in [-0.2, -0.15) is 0 Å². The number of pyridine rings is 1. The molecule has 0 bridgehead atoms. The maximum Gasteiger partial charge on any atom is 0.242 e. The summed E-state index contributed by atoms with van der Waals surface area (Å²) in [6.45, 7) is 9.67. The molecule has 0 fully saturated rings. The van der Waals surface area contributed by atoms with Crippen molar-refractivity contribution < 1.29 is 9.53 Å². The van der Waals surface area contributed by atoms with Crippen molar-refractivity contribution in [1.82, 2.24) is 25.4 Å². The minimum atomic E-state index is 0.0572. The number of aryl methyl sites for hydroxylation is 3. The molecule has 2 aromatic rings. The van der Waals surface area contributed by atoms with Crippen molar-refractivity contribution in [3.63, 3.8) is 0 Å². The van der Waals surface area contributed by atoms with Crippen LogP contribution < -0.4 is 15.4 Å². The number of aromatic nitrogens is 3. The third-order valence-corrected chi connectivity index (χ3v) is 4.48. The number of rotatable bonds is 8. The molecule has 2 N–H and O–H groups in total. The number of amides is 1. The molecule has 0 aliphatic heterocycles. The van der Waals surface area contributed by atoms with Gasteiger partial charge in [-0.25, -0.2) is 9.67 Å². The Morgan fingerprint density at radius 2 is 2.08 bits per heavy atom. The Bertz CT molecular complexity index is 754. The lowest BCUT2D eigenvalue weighted by Gasteiger charge is -2.14. The van der Waals surface area contributed by atoms with Gasteiger partial charge in [-0.15, -0.1) is 5.10 Å². The molecule has 7 heteroatoms. The molecular weight excluding hydrogens is 318 g/mol. The number of ether oxygens (including phenoxy) is 1. The van der Waals surface area contributed by atoms with E-state index in [2.05, 4.69) is 34.6 Å². The van der Waals surface area contributed by atoms with Crippen LogP contribution in [-0.2, 0) is 18.3 Å². The summed E-state index contributed by atoms with van der Waals surface area (Å²) in [4.78, 5) is 16.8. The van der Waals surface area contributed by atoms with Crippen molar-refractivity contribution in [2.75, 3.05) is 20.2 Å². The summed E-state index contributed by atoms with van der Waals surface area (Å²) in [5.74, 6) is 0.634. The first kappa shape index (κ1) is 19.2. The Morgan fingerprint density at radius 1 is 1.36 bits per heavy atom. The zero-order valence-corrected chi connectivity index (χ0v) is 16.1. The summed E-state index contributed by atoms with van der Waals surface area (Å²) in [5.41, 5.74) is 3.92. The van der Waals surface area contributed by atoms with Gasteiger partial charge in [0, 0.05) is 31.7 Å². The number of fused-ring (bicyclic) bond motifs is 1. The van der Waals surface area contributed by atoms with E-state index in [1.165, 1.54) is 0 Å². The number of hydrogen-bond acceptors (Lipinski definition) is 5. The van der Waals surface area contributed by atoms with Gasteiger partial charge in [-0.1, -0.05) is 6.92 Å². The summed E-state index contributed by atoms with van der Waals surface area (Å²) in [6, 6.07) is 0.273. The predicted octanol–water partition coefficient (Wildman–Crippen LogP) is 1.64. The van der Waals surface area contributed by atoms with Crippen LogP contribution in [0, 0.1) is 13.8 Å². The molecule has 1 amide bonds. The molecule has 2 aromatic heterocycles. The fraction of sp³-hybridized carbons (Fsp3) is 0.611. The molecule has 0 radical (unpaired) electrons. The molecule has 7 nitrogen and oxygen atoms in total. The molecule has 0 aliphatic rings. The number of carbonyl (C=O) groups is 1. The number of likely N-dealkylation sites (N-methyl/N-ethyl adjacent to an activating group) is 1. The van der Waals surface area contributed by atoms with Crippen LogP contribution in [0.25, 0.3) is 11.0 Å². The quantitative estimate of drug-likeness (QED) is 0.759. The number of hydrogen-bond donors (Lipinski definition) is 2. The van der Waals surface area contributed by atoms with E-state index in [1.54, 1.807) is 11.8 Å². The van der Waals surface area contributed by atoms with Gasteiger partial charge >= 0.3 is 0 Å². The van der Waals surface area contributed by atoms with Crippen molar-refractivity contribution in [3.8, 4) is 5.88 Å². The molecule has 0 spiro atoms. The van der Waals surface area contributed by atoms with Crippen molar-refractivity contribution >= 4 is 16.9 Å². The lowest BCUT2D eigenvalue weighted by molar-refractivity contribution is -0.121. The summed E-state index contributed by atoms with van der Waals surface area (Å²) in [6.07, 6.45) is 1.09. The minimum Gasteiger partial charge on any atom is -0.479 e. The second-order valence-corrected chi connectivity index (χ2v) is 6.40. The van der Waals surface area contributed by atoms with Crippen LogP contribution in [0.4, 0.5) is 0 Å². The third-order valence-electron chi connectivity index (χ3n) is 4.48. The summed E-state index contributed by atoms with van der Waals surface area (Å²) < 4.78 is 7.11. The predicted molar refractivity (Wildman–Crippen MR) is 99.0 cm³/mol. The molecule has 2 heterocycles. The molecule has 1 atom stereocenters. The van der Waals surface area contributed by atoms with E-state index >= 15 is 0 Å². The molecule has 25 heavy (non-hydrogen) atoms. The van der Waals surface area contributed by atoms with Gasteiger partial charge in [-0.3, -0.25) is 4.79 Å². The molecule has 0 aromatic carbocycles. The van der Waals surface area contributed by atoms with Gasteiger partial charge in [0.15, 0.2) is 5.65 Å². The van der Waals surface area contributed by atoms with Gasteiger partial charge in [0.05, 0.1) is 12.5 Å². The number of methoxy groups -OCH3 is 1. The Hall–Kier alpha value is -2.15. The largest absolute Gasteiger partial charge is 0.479 e. The van der Waals surface area contributed by atoms with Crippen LogP contribution >= 0.6 is 0 Å². The zero-order chi connectivity index (χ0) is 18.6. The monoisotopic (exact) mass is 347 g/mol. The van der Waals surface area contributed by atoms with Crippen LogP contribution in [0.5, 0.6) is 5.88 Å². The third kappa shape index (κ3) is 4.28. The van der Waals surface area contributed by atoms with Gasteiger partial charge in [-0.05, 0) is 44.9 Å². The highest BCUT2D eigenvalue weighted by molar-refractivity contribution is 5.86. The van der Waals surface area contributed by atoms with Crippen LogP contribution in [0.3, 0.4) is 0 Å². The van der Waals surface area contributed by atoms with Gasteiger partial charge < -0.3 is 15.4 Å². The fourth-order valence-electron chi connectivity index (χ4n) is 3.12. The molecule has 138 valence electrons. The van der Waals surface area contributed by atoms with Crippen molar-refractivity contribution in [1.29, 1.82) is 0 Å². The van der Waals surface area contributed by atoms with Crippen molar-refractivity contribution in [2.24, 2.45) is 7.05 Å². The van der Waals surface area contributed by atoms with E-state index in [0.29, 0.717) is 25.3 Å². The smallest absolute Gasteiger partial charge is 0.242 e. The molecule has 0 unspecified atom stereocenters. The fourth-order valence-corrected chi connectivity index (χ4v) is 3.12. The molecule has 0 saturated heterocycles. The van der Waals surface area contributed by atoms with Crippen LogP contribution in [0.2, 0.25) is 0 Å². The highest BCUT2D eigenvalue weighted by Gasteiger charge is 2.18. The Labute approximate surface area is 149 Å². The molecular formula is C18H29N5O2. The molecule has 0 aliphatic carbocycles. The highest BCUT2D eigenvalue weighted by Crippen LogP contribution is 2.30. The number of carbonyl (C=O) groups excluding carboxylic acids is 1. The van der Waals surface area contributed by atoms with E-state index in [4.69, 9.17) is 4.74 Å². The Balaban J connectivity index is 2.12. The van der Waals surface area contributed by atoms with E-state index in [1.807, 2.05) is 20.9 Å². The summed E-state index contributed by atoms with van der Waals surface area (Å²) >= 11 is 0. The van der Waals surface area contributed by atoms with Crippen molar-refractivity contribution in [3.05, 3.63) is 16.8 Å². The lowest BCUT2D eigenvalue weighted by atomic mass is 10.00. The Morgan fingerprint density at radius 3 is 2.72 bits per heavy atom. The Kier molecular flexibility index (Phi) is 6.36. The second-order valence-electron chi connectivity index (χ2n) is 6.40. The first-order chi connectivity index (χ1) is 11.9. The summed E-state index contributed by atoms with van der Waals surface area (Å²) in [7, 11) is 3.47. The first-order valence-electron chi connectivity index (χ1n) is 8.75. The topological polar surface area (TPSA) is 81.1 Å². The van der Waals surface area contributed by atoms with E-state index in [9.17, 15) is 4.79 Å². The van der Waals surface area contributed by atoms with Gasteiger partial charge in [0.1, 0.15) is 0 Å². The van der Waals surface area contributed by atoms with Gasteiger partial charge in [0.2, 0.25) is 11.8 Å². The summed E-state index contributed by atoms with van der Waals surface area (Å²) in [5, 5.41) is 11.5. The SMILES string of the molecule is CCN[C@H](C)CNC(=O)CCc1c(C)nc2c(c(OC)nn2C)c1C. The zero-order valence-electron chi connectivity index (χ0n) is 16.1. The maximum atomic E-state index is 12.1. The van der Waals surface area contributed by atoms with Crippen LogP contribution in [0.15, 0.2) is 0 Å². The van der Waals surface area contributed by atoms with Gasteiger partial charge in [0.25, 0.3) is 0 Å². The van der Waals surface area contributed by atoms with Crippen molar-refractivity contribution in [2.45, 2.75) is 46.6 Å². The first-order valence-corrected chi connectivity index (χ1v) is 8.75. The maximum absolute atomic E-state index is 12.1. The molecule has 0 saturated carbocycles. The average molecular weight is 347 g/mol. The van der Waals surface area contributed by atoms with E-state index in [-0.39, 0.29) is 11.9 Å². The van der Waals surface area contributed by atoms with E-state index < -0.39 is 0 Å². The molecule has 2 rings (SSSR count). The van der Waals surface area contributed by atoms with Crippen LogP contribution in [-0.4, -0.2) is 46.9 Å². The highest BCUT2D eigenvalue weighted by atomic mass is 16.5. The van der Waals surface area contributed by atoms with E-state index in [0.717, 1.165) is 34.4 Å². The average Bonchev–Trinajstić information content (AvgIpc) is 2.89. The van der Waals surface area contributed by atoms with Crippen LogP contribution in [0.1, 0.15) is 37.1 Å². The normalized spacial score (nSPS) is 12.4. The standard InChI is InChI=1S/C18H29N5O2/c1-7-19-11(2)10-20-15(24)9-8-14-12(3)16-17(21-13(14)4)23(5)22-18(16)25-6/h11,19H,7-10H2,1-6H3,(H,20,24)/t11-/m1/s1. The lowest BCUT2D eigenvalue weighted by Crippen LogP contribution is -2.38. The number of nitrogens with zero attached hydrogens (tertiary/aromatic N) is 3. The number of nitrogens with one attached hydrogen (secondary N) is 2. The minimum absolute atomic E-state index is 0.0572. The second kappa shape index (κ2) is 8.29.